The van der Waals surface area contributed by atoms with Gasteiger partial charge in [0.25, 0.3) is 5.91 Å². The van der Waals surface area contributed by atoms with Gasteiger partial charge >= 0.3 is 5.97 Å². The molecule has 1 atom stereocenters. The molecule has 0 fully saturated rings. The molecular weight excluding hydrogens is 196 g/mol. The third-order valence-electron chi connectivity index (χ3n) is 1.84. The van der Waals surface area contributed by atoms with Crippen molar-refractivity contribution in [3.8, 4) is 0 Å². The van der Waals surface area contributed by atoms with E-state index in [2.05, 4.69) is 15.8 Å². The molecule has 0 saturated heterocycles. The lowest BCUT2D eigenvalue weighted by Gasteiger charge is -2.10. The van der Waals surface area contributed by atoms with E-state index in [0.29, 0.717) is 18.9 Å². The zero-order valence-electron chi connectivity index (χ0n) is 9.71. The second-order valence-electron chi connectivity index (χ2n) is 3.85. The number of hydrogen-bond acceptors (Lipinski definition) is 3. The van der Waals surface area contributed by atoms with Crippen molar-refractivity contribution < 1.29 is 20.1 Å². The average Bonchev–Trinajstić information content (AvgIpc) is 2.13. The predicted molar refractivity (Wildman–Crippen MR) is 55.8 cm³/mol. The van der Waals surface area contributed by atoms with Gasteiger partial charge in [-0.3, -0.25) is 9.59 Å². The van der Waals surface area contributed by atoms with E-state index in [-0.39, 0.29) is 18.5 Å². The van der Waals surface area contributed by atoms with Gasteiger partial charge in [0, 0.05) is 6.42 Å². The van der Waals surface area contributed by atoms with Crippen LogP contribution >= 0.6 is 0 Å². The van der Waals surface area contributed by atoms with Crippen molar-refractivity contribution in [1.29, 1.82) is 0 Å². The smallest absolute Gasteiger partial charge is 0.325 e. The maximum atomic E-state index is 11.4. The van der Waals surface area contributed by atoms with Crippen LogP contribution in [0.2, 0.25) is 0 Å². The molecule has 0 aromatic heterocycles. The number of nitrogens with one attached hydrogen (secondary N) is 1. The van der Waals surface area contributed by atoms with E-state index >= 15 is 0 Å². The van der Waals surface area contributed by atoms with Gasteiger partial charge in [-0.05, 0) is 12.8 Å². The van der Waals surface area contributed by atoms with Crippen LogP contribution in [0.25, 0.3) is 0 Å². The molecule has 0 aliphatic rings. The van der Waals surface area contributed by atoms with Crippen molar-refractivity contribution in [3.05, 3.63) is 0 Å². The van der Waals surface area contributed by atoms with Crippen LogP contribution in [0.3, 0.4) is 0 Å². The minimum Gasteiger partial charge on any atom is -0.465 e. The third kappa shape index (κ3) is 6.90. The summed E-state index contributed by atoms with van der Waals surface area (Å²) in [5, 5.41) is 2.50. The van der Waals surface area contributed by atoms with Crippen LogP contribution in [0.1, 0.15) is 27.2 Å². The molecule has 0 aliphatic carbocycles. The molecule has 15 heavy (non-hydrogen) atoms. The first-order chi connectivity index (χ1) is 6.97. The summed E-state index contributed by atoms with van der Waals surface area (Å²) in [5.74, 6) is -0.194. The highest BCUT2D eigenvalue weighted by Gasteiger charge is 2.18. The van der Waals surface area contributed by atoms with Crippen LogP contribution in [0.5, 0.6) is 0 Å². The Bertz CT molecular complexity index is 217. The van der Waals surface area contributed by atoms with Gasteiger partial charge in [-0.2, -0.15) is 0 Å². The fourth-order valence-electron chi connectivity index (χ4n) is 1.19. The molecule has 0 spiro atoms. The Morgan fingerprint density at radius 2 is 2.00 bits per heavy atom. The third-order valence-corrected chi connectivity index (χ3v) is 1.84. The van der Waals surface area contributed by atoms with Gasteiger partial charge in [0.2, 0.25) is 0 Å². The Morgan fingerprint density at radius 1 is 1.40 bits per heavy atom. The van der Waals surface area contributed by atoms with E-state index in [9.17, 15) is 9.59 Å². The van der Waals surface area contributed by atoms with Gasteiger partial charge in [0.15, 0.2) is 6.04 Å². The van der Waals surface area contributed by atoms with Crippen LogP contribution in [-0.2, 0) is 14.3 Å². The summed E-state index contributed by atoms with van der Waals surface area (Å²) < 4.78 is 4.68. The molecule has 0 aromatic rings. The van der Waals surface area contributed by atoms with Crippen LogP contribution in [0.15, 0.2) is 0 Å². The number of rotatable bonds is 6. The number of esters is 1. The highest BCUT2D eigenvalue weighted by molar-refractivity contribution is 5.84. The second-order valence-corrected chi connectivity index (χ2v) is 3.85. The van der Waals surface area contributed by atoms with Gasteiger partial charge in [-0.15, -0.1) is 0 Å². The van der Waals surface area contributed by atoms with Crippen LogP contribution in [0.4, 0.5) is 0 Å². The minimum absolute atomic E-state index is 0.0726. The lowest BCUT2D eigenvalue weighted by Crippen LogP contribution is -2.68. The van der Waals surface area contributed by atoms with Crippen molar-refractivity contribution in [2.45, 2.75) is 33.2 Å². The first kappa shape index (κ1) is 13.9. The van der Waals surface area contributed by atoms with Crippen LogP contribution in [0, 0.1) is 5.92 Å². The zero-order chi connectivity index (χ0) is 11.8. The fraction of sp³-hybridized carbons (Fsp3) is 0.800. The van der Waals surface area contributed by atoms with E-state index in [4.69, 9.17) is 0 Å². The SMILES string of the molecule is CCOC(=O)CNC(=O)C([NH3+])CC(C)C. The Balaban J connectivity index is 3.78. The molecule has 5 nitrogen and oxygen atoms in total. The van der Waals surface area contributed by atoms with Gasteiger partial charge in [0.05, 0.1) is 6.61 Å². The van der Waals surface area contributed by atoms with Gasteiger partial charge in [0.1, 0.15) is 6.54 Å². The molecule has 4 N–H and O–H groups in total. The highest BCUT2D eigenvalue weighted by atomic mass is 16.5. The summed E-state index contributed by atoms with van der Waals surface area (Å²) >= 11 is 0. The second kappa shape index (κ2) is 7.23. The molecule has 1 unspecified atom stereocenters. The number of ether oxygens (including phenoxy) is 1. The molecule has 0 aromatic carbocycles. The number of hydrogen-bond donors (Lipinski definition) is 2. The molecule has 0 saturated carbocycles. The average molecular weight is 217 g/mol. The molecule has 0 bridgehead atoms. The Hall–Kier alpha value is -1.10. The van der Waals surface area contributed by atoms with E-state index in [1.807, 2.05) is 13.8 Å². The number of amides is 1. The molecule has 0 heterocycles. The van der Waals surface area contributed by atoms with E-state index in [1.54, 1.807) is 6.92 Å². The van der Waals surface area contributed by atoms with Crippen molar-refractivity contribution in [3.63, 3.8) is 0 Å². The predicted octanol–water partition coefficient (Wildman–Crippen LogP) is -0.678. The minimum atomic E-state index is -0.414. The highest BCUT2D eigenvalue weighted by Crippen LogP contribution is 2.00. The first-order valence-corrected chi connectivity index (χ1v) is 5.23. The molecule has 0 rings (SSSR count). The van der Waals surface area contributed by atoms with Crippen LogP contribution in [-0.4, -0.2) is 31.1 Å². The van der Waals surface area contributed by atoms with Gasteiger partial charge in [-0.1, -0.05) is 13.8 Å². The van der Waals surface area contributed by atoms with Crippen LogP contribution < -0.4 is 11.1 Å². The lowest BCUT2D eigenvalue weighted by molar-refractivity contribution is -0.406. The normalized spacial score (nSPS) is 12.3. The largest absolute Gasteiger partial charge is 0.465 e. The fourth-order valence-corrected chi connectivity index (χ4v) is 1.19. The summed E-state index contributed by atoms with van der Waals surface area (Å²) in [5.41, 5.74) is 3.74. The van der Waals surface area contributed by atoms with Gasteiger partial charge in [-0.25, -0.2) is 0 Å². The van der Waals surface area contributed by atoms with E-state index in [0.717, 1.165) is 0 Å². The summed E-state index contributed by atoms with van der Waals surface area (Å²) in [6, 6.07) is -0.306. The maximum absolute atomic E-state index is 11.4. The summed E-state index contributed by atoms with van der Waals surface area (Å²) in [6.07, 6.45) is 0.717. The first-order valence-electron chi connectivity index (χ1n) is 5.23. The maximum Gasteiger partial charge on any atom is 0.325 e. The summed E-state index contributed by atoms with van der Waals surface area (Å²) in [6.45, 7) is 6.03. The number of quaternary nitrogens is 1. The van der Waals surface area contributed by atoms with Gasteiger partial charge < -0.3 is 15.8 Å². The number of carbonyl (C=O) groups is 2. The topological polar surface area (TPSA) is 83.0 Å². The summed E-state index contributed by atoms with van der Waals surface area (Å²) in [4.78, 5) is 22.3. The molecule has 1 amide bonds. The quantitative estimate of drug-likeness (QED) is 0.578. The van der Waals surface area contributed by atoms with Crippen molar-refractivity contribution in [1.82, 2.24) is 5.32 Å². The van der Waals surface area contributed by atoms with Crippen molar-refractivity contribution in [2.75, 3.05) is 13.2 Å². The molecule has 88 valence electrons. The molecule has 0 aliphatic heterocycles. The van der Waals surface area contributed by atoms with E-state index < -0.39 is 5.97 Å². The monoisotopic (exact) mass is 217 g/mol. The van der Waals surface area contributed by atoms with E-state index in [1.165, 1.54) is 0 Å². The Kier molecular flexibility index (Phi) is 6.70. The molecule has 0 radical (unpaired) electrons. The van der Waals surface area contributed by atoms with Crippen molar-refractivity contribution >= 4 is 11.9 Å². The molecular formula is C10H21N2O3+. The Labute approximate surface area is 90.4 Å². The lowest BCUT2D eigenvalue weighted by atomic mass is 10.0. The number of carbonyl (C=O) groups excluding carboxylic acids is 2. The summed E-state index contributed by atoms with van der Waals surface area (Å²) in [7, 11) is 0. The zero-order valence-corrected chi connectivity index (χ0v) is 9.71. The standard InChI is InChI=1S/C10H20N2O3/c1-4-15-9(13)6-12-10(14)8(11)5-7(2)3/h7-8H,4-6,11H2,1-3H3,(H,12,14)/p+1. The Morgan fingerprint density at radius 3 is 2.47 bits per heavy atom. The van der Waals surface area contributed by atoms with Crippen molar-refractivity contribution in [2.24, 2.45) is 5.92 Å². The molecule has 5 heteroatoms.